The van der Waals surface area contributed by atoms with Gasteiger partial charge >= 0.3 is 0 Å². The molecule has 2 N–H and O–H groups in total. The molecule has 1 aromatic heterocycles. The Morgan fingerprint density at radius 3 is 2.80 bits per heavy atom. The van der Waals surface area contributed by atoms with Crippen LogP contribution in [0.5, 0.6) is 0 Å². The minimum absolute atomic E-state index is 0.0783. The predicted molar refractivity (Wildman–Crippen MR) is 60.1 cm³/mol. The molecule has 6 heteroatoms. The van der Waals surface area contributed by atoms with Gasteiger partial charge in [0, 0.05) is 6.54 Å². The van der Waals surface area contributed by atoms with Crippen molar-refractivity contribution in [2.45, 2.75) is 13.8 Å². The highest BCUT2D eigenvalue weighted by Gasteiger charge is 2.13. The number of amides is 1. The Morgan fingerprint density at radius 1 is 1.53 bits per heavy atom. The van der Waals surface area contributed by atoms with Gasteiger partial charge in [0.15, 0.2) is 0 Å². The van der Waals surface area contributed by atoms with Crippen molar-refractivity contribution in [3.8, 4) is 0 Å². The molecule has 1 atom stereocenters. The van der Waals surface area contributed by atoms with Crippen LogP contribution in [0.1, 0.15) is 22.3 Å². The van der Waals surface area contributed by atoms with Gasteiger partial charge in [-0.1, -0.05) is 11.4 Å². The zero-order valence-electron chi connectivity index (χ0n) is 9.20. The summed E-state index contributed by atoms with van der Waals surface area (Å²) in [6, 6.07) is 0. The van der Waals surface area contributed by atoms with Gasteiger partial charge < -0.3 is 10.6 Å². The van der Waals surface area contributed by atoms with Gasteiger partial charge in [-0.05, 0) is 38.0 Å². The minimum atomic E-state index is -0.0783. The van der Waals surface area contributed by atoms with E-state index in [1.807, 2.05) is 7.05 Å². The number of carbonyl (C=O) groups is 1. The smallest absolute Gasteiger partial charge is 0.264 e. The third-order valence-corrected chi connectivity index (χ3v) is 2.85. The first-order chi connectivity index (χ1) is 7.15. The second-order valence-electron chi connectivity index (χ2n) is 3.56. The van der Waals surface area contributed by atoms with Crippen LogP contribution in [-0.4, -0.2) is 35.6 Å². The van der Waals surface area contributed by atoms with Crippen molar-refractivity contribution < 1.29 is 4.79 Å². The molecule has 15 heavy (non-hydrogen) atoms. The normalized spacial score (nSPS) is 12.5. The Morgan fingerprint density at radius 2 is 2.27 bits per heavy atom. The summed E-state index contributed by atoms with van der Waals surface area (Å²) < 4.78 is 3.72. The average Bonchev–Trinajstić information content (AvgIpc) is 2.61. The van der Waals surface area contributed by atoms with E-state index in [-0.39, 0.29) is 5.91 Å². The van der Waals surface area contributed by atoms with Gasteiger partial charge in [0.2, 0.25) is 0 Å². The van der Waals surface area contributed by atoms with E-state index < -0.39 is 0 Å². The summed E-state index contributed by atoms with van der Waals surface area (Å²) in [5.41, 5.74) is 0.693. The van der Waals surface area contributed by atoms with Crippen LogP contribution < -0.4 is 10.6 Å². The van der Waals surface area contributed by atoms with E-state index in [4.69, 9.17) is 0 Å². The molecule has 5 nitrogen and oxygen atoms in total. The highest BCUT2D eigenvalue weighted by Crippen LogP contribution is 2.08. The molecule has 0 radical (unpaired) electrons. The first-order valence-electron chi connectivity index (χ1n) is 4.87. The SMILES string of the molecule is CNCC(C)CNC(=O)c1snnc1C. The number of hydrogen-bond acceptors (Lipinski definition) is 5. The van der Waals surface area contributed by atoms with E-state index in [1.54, 1.807) is 6.92 Å². The van der Waals surface area contributed by atoms with Crippen molar-refractivity contribution in [3.63, 3.8) is 0 Å². The van der Waals surface area contributed by atoms with Crippen molar-refractivity contribution in [1.29, 1.82) is 0 Å². The number of aromatic nitrogens is 2. The second kappa shape index (κ2) is 5.77. The molecule has 0 aliphatic heterocycles. The molecular formula is C9H16N4OS. The number of carbonyl (C=O) groups excluding carboxylic acids is 1. The maximum atomic E-state index is 11.6. The van der Waals surface area contributed by atoms with Crippen molar-refractivity contribution in [2.75, 3.05) is 20.1 Å². The average molecular weight is 228 g/mol. The molecule has 1 unspecified atom stereocenters. The zero-order valence-corrected chi connectivity index (χ0v) is 10.0. The van der Waals surface area contributed by atoms with Gasteiger partial charge in [-0.3, -0.25) is 4.79 Å². The molecule has 0 saturated heterocycles. The summed E-state index contributed by atoms with van der Waals surface area (Å²) in [6.07, 6.45) is 0. The van der Waals surface area contributed by atoms with Crippen LogP contribution in [0.3, 0.4) is 0 Å². The molecule has 1 amide bonds. The number of rotatable bonds is 5. The maximum Gasteiger partial charge on any atom is 0.264 e. The van der Waals surface area contributed by atoms with Crippen LogP contribution in [0.4, 0.5) is 0 Å². The number of nitrogens with one attached hydrogen (secondary N) is 2. The van der Waals surface area contributed by atoms with Crippen molar-refractivity contribution in [1.82, 2.24) is 20.2 Å². The number of nitrogens with zero attached hydrogens (tertiary/aromatic N) is 2. The molecule has 0 aromatic carbocycles. The lowest BCUT2D eigenvalue weighted by Crippen LogP contribution is -2.32. The van der Waals surface area contributed by atoms with E-state index in [1.165, 1.54) is 0 Å². The van der Waals surface area contributed by atoms with Crippen LogP contribution in [0, 0.1) is 12.8 Å². The third kappa shape index (κ3) is 3.56. The van der Waals surface area contributed by atoms with Gasteiger partial charge in [0.25, 0.3) is 5.91 Å². The summed E-state index contributed by atoms with van der Waals surface area (Å²) in [5, 5.41) is 9.72. The highest BCUT2D eigenvalue weighted by molar-refractivity contribution is 7.07. The molecular weight excluding hydrogens is 212 g/mol. The van der Waals surface area contributed by atoms with Crippen molar-refractivity contribution in [3.05, 3.63) is 10.6 Å². The lowest BCUT2D eigenvalue weighted by atomic mass is 10.2. The van der Waals surface area contributed by atoms with Crippen molar-refractivity contribution in [2.24, 2.45) is 5.92 Å². The number of aryl methyl sites for hydroxylation is 1. The first kappa shape index (κ1) is 12.1. The van der Waals surface area contributed by atoms with Crippen LogP contribution in [0.2, 0.25) is 0 Å². The quantitative estimate of drug-likeness (QED) is 0.767. The highest BCUT2D eigenvalue weighted by atomic mass is 32.1. The Kier molecular flexibility index (Phi) is 4.64. The molecule has 0 bridgehead atoms. The van der Waals surface area contributed by atoms with Gasteiger partial charge in [-0.25, -0.2) is 0 Å². The Hall–Kier alpha value is -1.01. The fourth-order valence-corrected chi connectivity index (χ4v) is 1.78. The zero-order chi connectivity index (χ0) is 11.3. The molecule has 0 spiro atoms. The molecule has 0 aliphatic carbocycles. The standard InChI is InChI=1S/C9H16N4OS/c1-6(4-10-3)5-11-9(14)8-7(2)12-13-15-8/h6,10H,4-5H2,1-3H3,(H,11,14). The third-order valence-electron chi connectivity index (χ3n) is 2.02. The monoisotopic (exact) mass is 228 g/mol. The van der Waals surface area contributed by atoms with E-state index >= 15 is 0 Å². The van der Waals surface area contributed by atoms with Crippen LogP contribution in [0.25, 0.3) is 0 Å². The summed E-state index contributed by atoms with van der Waals surface area (Å²) in [7, 11) is 1.90. The van der Waals surface area contributed by atoms with Crippen LogP contribution in [-0.2, 0) is 0 Å². The molecule has 0 fully saturated rings. The number of hydrogen-bond donors (Lipinski definition) is 2. The molecule has 0 aliphatic rings. The van der Waals surface area contributed by atoms with Gasteiger partial charge in [0.05, 0.1) is 5.69 Å². The van der Waals surface area contributed by atoms with Crippen LogP contribution in [0.15, 0.2) is 0 Å². The summed E-state index contributed by atoms with van der Waals surface area (Å²) in [6.45, 7) is 5.42. The van der Waals surface area contributed by atoms with E-state index in [9.17, 15) is 4.79 Å². The summed E-state index contributed by atoms with van der Waals surface area (Å²) >= 11 is 1.13. The van der Waals surface area contributed by atoms with Gasteiger partial charge in [-0.2, -0.15) is 0 Å². The lowest BCUT2D eigenvalue weighted by molar-refractivity contribution is 0.0951. The lowest BCUT2D eigenvalue weighted by Gasteiger charge is -2.11. The fraction of sp³-hybridized carbons (Fsp3) is 0.667. The predicted octanol–water partition coefficient (Wildman–Crippen LogP) is 0.432. The Labute approximate surface area is 93.4 Å². The minimum Gasteiger partial charge on any atom is -0.351 e. The summed E-state index contributed by atoms with van der Waals surface area (Å²) in [5.74, 6) is 0.339. The van der Waals surface area contributed by atoms with E-state index in [0.29, 0.717) is 23.0 Å². The second-order valence-corrected chi connectivity index (χ2v) is 4.31. The summed E-state index contributed by atoms with van der Waals surface area (Å²) in [4.78, 5) is 12.2. The van der Waals surface area contributed by atoms with Gasteiger partial charge in [0.1, 0.15) is 4.88 Å². The fourth-order valence-electron chi connectivity index (χ4n) is 1.21. The Bertz CT molecular complexity index is 326. The topological polar surface area (TPSA) is 66.9 Å². The first-order valence-corrected chi connectivity index (χ1v) is 5.64. The van der Waals surface area contributed by atoms with Gasteiger partial charge in [-0.15, -0.1) is 5.10 Å². The molecule has 1 rings (SSSR count). The molecule has 84 valence electrons. The van der Waals surface area contributed by atoms with Crippen LogP contribution >= 0.6 is 11.5 Å². The molecule has 1 aromatic rings. The Balaban J connectivity index is 2.40. The van der Waals surface area contributed by atoms with E-state index in [0.717, 1.165) is 18.1 Å². The maximum absolute atomic E-state index is 11.6. The van der Waals surface area contributed by atoms with E-state index in [2.05, 4.69) is 27.1 Å². The van der Waals surface area contributed by atoms with Crippen molar-refractivity contribution >= 4 is 17.4 Å². The molecule has 0 saturated carbocycles. The largest absolute Gasteiger partial charge is 0.351 e. The molecule has 1 heterocycles.